The average molecular weight is 483 g/mol. The molecule has 0 saturated carbocycles. The van der Waals surface area contributed by atoms with Gasteiger partial charge in [0.25, 0.3) is 23.2 Å². The Morgan fingerprint density at radius 3 is 2.29 bits per heavy atom. The van der Waals surface area contributed by atoms with Gasteiger partial charge in [0.1, 0.15) is 17.1 Å². The quantitative estimate of drug-likeness (QED) is 0.245. The number of carbonyl (C=O) groups is 3. The van der Waals surface area contributed by atoms with Gasteiger partial charge in [0.2, 0.25) is 0 Å². The first-order valence-corrected chi connectivity index (χ1v) is 9.73. The zero-order valence-corrected chi connectivity index (χ0v) is 17.5. The highest BCUT2D eigenvalue weighted by Crippen LogP contribution is 2.34. The number of furan rings is 1. The molecule has 1 aromatic heterocycles. The summed E-state index contributed by atoms with van der Waals surface area (Å²) >= 11 is 5.83. The summed E-state index contributed by atoms with van der Waals surface area (Å²) in [6, 6.07) is 10.5. The van der Waals surface area contributed by atoms with Crippen LogP contribution < -0.4 is 10.2 Å². The number of anilines is 1. The van der Waals surface area contributed by atoms with Crippen molar-refractivity contribution in [1.29, 1.82) is 0 Å². The van der Waals surface area contributed by atoms with Crippen molar-refractivity contribution in [3.8, 4) is 11.3 Å². The van der Waals surface area contributed by atoms with Crippen LogP contribution in [0.3, 0.4) is 0 Å². The number of non-ortho nitro benzene ring substituents is 1. The lowest BCUT2D eigenvalue weighted by atomic mass is 10.1. The Morgan fingerprint density at radius 2 is 1.65 bits per heavy atom. The van der Waals surface area contributed by atoms with Crippen LogP contribution in [0, 0.1) is 20.2 Å². The van der Waals surface area contributed by atoms with Crippen molar-refractivity contribution in [2.75, 3.05) is 4.90 Å². The molecular formula is C21H11ClN4O8. The molecule has 0 bridgehead atoms. The Kier molecular flexibility index (Phi) is 5.65. The van der Waals surface area contributed by atoms with Crippen molar-refractivity contribution in [1.82, 2.24) is 5.32 Å². The molecule has 12 nitrogen and oxygen atoms in total. The molecule has 1 fully saturated rings. The molecule has 0 radical (unpaired) electrons. The topological polar surface area (TPSA) is 166 Å². The second-order valence-electron chi connectivity index (χ2n) is 6.85. The predicted molar refractivity (Wildman–Crippen MR) is 118 cm³/mol. The number of benzene rings is 2. The lowest BCUT2D eigenvalue weighted by Crippen LogP contribution is -2.54. The molecule has 170 valence electrons. The second-order valence-corrected chi connectivity index (χ2v) is 7.29. The van der Waals surface area contributed by atoms with E-state index in [4.69, 9.17) is 16.0 Å². The Hall–Kier alpha value is -4.84. The normalized spacial score (nSPS) is 14.9. The number of nitro groups is 2. The lowest BCUT2D eigenvalue weighted by molar-refractivity contribution is -0.393. The molecule has 0 aliphatic carbocycles. The number of imide groups is 2. The van der Waals surface area contributed by atoms with Crippen LogP contribution in [0.1, 0.15) is 5.76 Å². The number of amides is 4. The first-order chi connectivity index (χ1) is 16.2. The van der Waals surface area contributed by atoms with Crippen LogP contribution >= 0.6 is 11.6 Å². The molecule has 0 spiro atoms. The second kappa shape index (κ2) is 8.60. The number of carbonyl (C=O) groups excluding carboxylic acids is 3. The maximum absolute atomic E-state index is 12.9. The third-order valence-corrected chi connectivity index (χ3v) is 5.01. The number of barbiturate groups is 1. The summed E-state index contributed by atoms with van der Waals surface area (Å²) in [6.45, 7) is 0. The van der Waals surface area contributed by atoms with Gasteiger partial charge in [-0.25, -0.2) is 9.69 Å². The van der Waals surface area contributed by atoms with E-state index in [1.165, 1.54) is 36.4 Å². The minimum absolute atomic E-state index is 0.0217. The van der Waals surface area contributed by atoms with Gasteiger partial charge in [-0.2, -0.15) is 0 Å². The van der Waals surface area contributed by atoms with Gasteiger partial charge in [0, 0.05) is 11.1 Å². The minimum Gasteiger partial charge on any atom is -0.456 e. The van der Waals surface area contributed by atoms with Crippen LogP contribution in [0.25, 0.3) is 17.4 Å². The predicted octanol–water partition coefficient (Wildman–Crippen LogP) is 4.08. The Balaban J connectivity index is 1.70. The Morgan fingerprint density at radius 1 is 0.941 bits per heavy atom. The first-order valence-electron chi connectivity index (χ1n) is 9.36. The number of nitrogens with one attached hydrogen (secondary N) is 1. The maximum atomic E-state index is 12.9. The van der Waals surface area contributed by atoms with Crippen molar-refractivity contribution in [2.24, 2.45) is 0 Å². The van der Waals surface area contributed by atoms with Gasteiger partial charge in [0.15, 0.2) is 0 Å². The molecule has 34 heavy (non-hydrogen) atoms. The van der Waals surface area contributed by atoms with Crippen LogP contribution in [-0.4, -0.2) is 27.7 Å². The van der Waals surface area contributed by atoms with E-state index in [0.717, 1.165) is 29.2 Å². The summed E-state index contributed by atoms with van der Waals surface area (Å²) in [6.07, 6.45) is 1.08. The molecule has 13 heteroatoms. The van der Waals surface area contributed by atoms with Gasteiger partial charge in [-0.1, -0.05) is 11.6 Å². The Bertz CT molecular complexity index is 1410. The molecule has 1 aliphatic rings. The summed E-state index contributed by atoms with van der Waals surface area (Å²) in [5.74, 6) is -1.93. The number of hydrogen-bond donors (Lipinski definition) is 1. The van der Waals surface area contributed by atoms with Crippen LogP contribution in [0.15, 0.2) is 64.6 Å². The number of nitrogens with zero attached hydrogens (tertiary/aromatic N) is 3. The third kappa shape index (κ3) is 4.12. The first kappa shape index (κ1) is 22.4. The van der Waals surface area contributed by atoms with E-state index in [-0.39, 0.29) is 22.8 Å². The largest absolute Gasteiger partial charge is 0.456 e. The molecule has 2 aromatic carbocycles. The molecule has 3 aromatic rings. The smallest absolute Gasteiger partial charge is 0.335 e. The highest BCUT2D eigenvalue weighted by atomic mass is 35.5. The fourth-order valence-corrected chi connectivity index (χ4v) is 3.32. The van der Waals surface area contributed by atoms with Gasteiger partial charge >= 0.3 is 6.03 Å². The van der Waals surface area contributed by atoms with Gasteiger partial charge in [-0.15, -0.1) is 0 Å². The van der Waals surface area contributed by atoms with Crippen molar-refractivity contribution in [3.63, 3.8) is 0 Å². The van der Waals surface area contributed by atoms with Crippen molar-refractivity contribution in [3.05, 3.63) is 91.2 Å². The van der Waals surface area contributed by atoms with E-state index >= 15 is 0 Å². The van der Waals surface area contributed by atoms with Gasteiger partial charge in [-0.3, -0.25) is 35.1 Å². The molecule has 4 rings (SSSR count). The molecule has 1 aliphatic heterocycles. The number of hydrogen-bond acceptors (Lipinski definition) is 8. The van der Waals surface area contributed by atoms with Crippen molar-refractivity contribution in [2.45, 2.75) is 0 Å². The van der Waals surface area contributed by atoms with Crippen molar-refractivity contribution < 1.29 is 28.6 Å². The number of nitro benzene ring substituents is 2. The standard InChI is InChI=1S/C21H11ClN4O8/c22-11-1-3-12(4-2-11)24-20(28)16(19(27)23-21(24)29)10-14-6-8-18(34-14)15-7-5-13(25(30)31)9-17(15)26(32)33/h1-10H,(H,23,27,29)/b16-10+. The summed E-state index contributed by atoms with van der Waals surface area (Å²) < 4.78 is 5.54. The van der Waals surface area contributed by atoms with Crippen LogP contribution in [0.2, 0.25) is 5.02 Å². The molecule has 1 N–H and O–H groups in total. The average Bonchev–Trinajstić information content (AvgIpc) is 3.26. The fraction of sp³-hybridized carbons (Fsp3) is 0. The molecular weight excluding hydrogens is 472 g/mol. The van der Waals surface area contributed by atoms with Crippen molar-refractivity contribution >= 4 is 52.6 Å². The molecule has 2 heterocycles. The monoisotopic (exact) mass is 482 g/mol. The molecule has 1 saturated heterocycles. The summed E-state index contributed by atoms with van der Waals surface area (Å²) in [5.41, 5.74) is -1.33. The number of rotatable bonds is 5. The zero-order chi connectivity index (χ0) is 24.6. The van der Waals surface area contributed by atoms with Gasteiger partial charge in [-0.05, 0) is 48.5 Å². The third-order valence-electron chi connectivity index (χ3n) is 4.75. The van der Waals surface area contributed by atoms with Gasteiger partial charge < -0.3 is 4.42 Å². The van der Waals surface area contributed by atoms with Crippen LogP contribution in [0.5, 0.6) is 0 Å². The van der Waals surface area contributed by atoms with E-state index in [1.54, 1.807) is 0 Å². The van der Waals surface area contributed by atoms with Gasteiger partial charge in [0.05, 0.1) is 27.2 Å². The molecule has 0 unspecified atom stereocenters. The summed E-state index contributed by atoms with van der Waals surface area (Å²) in [4.78, 5) is 59.0. The SMILES string of the molecule is O=C1NC(=O)N(c2ccc(Cl)cc2)C(=O)/C1=C/c1ccc(-c2ccc([N+](=O)[O-])cc2[N+](=O)[O-])o1. The zero-order valence-electron chi connectivity index (χ0n) is 16.8. The van der Waals surface area contributed by atoms with E-state index in [9.17, 15) is 34.6 Å². The fourth-order valence-electron chi connectivity index (χ4n) is 3.19. The van der Waals surface area contributed by atoms with E-state index < -0.39 is 44.6 Å². The number of urea groups is 1. The van der Waals surface area contributed by atoms with E-state index in [2.05, 4.69) is 5.32 Å². The van der Waals surface area contributed by atoms with Crippen LogP contribution in [0.4, 0.5) is 21.9 Å². The summed E-state index contributed by atoms with van der Waals surface area (Å²) in [7, 11) is 0. The summed E-state index contributed by atoms with van der Waals surface area (Å²) in [5, 5.41) is 24.7. The highest BCUT2D eigenvalue weighted by Gasteiger charge is 2.37. The highest BCUT2D eigenvalue weighted by molar-refractivity contribution is 6.39. The van der Waals surface area contributed by atoms with E-state index in [0.29, 0.717) is 5.02 Å². The molecule has 4 amide bonds. The van der Waals surface area contributed by atoms with E-state index in [1.807, 2.05) is 0 Å². The minimum atomic E-state index is -0.959. The lowest BCUT2D eigenvalue weighted by Gasteiger charge is -2.26. The van der Waals surface area contributed by atoms with Crippen LogP contribution in [-0.2, 0) is 9.59 Å². The maximum Gasteiger partial charge on any atom is 0.335 e. The Labute approximate surface area is 194 Å². The number of halogens is 1. The molecule has 0 atom stereocenters.